The Morgan fingerprint density at radius 1 is 0.875 bits per heavy atom. The second kappa shape index (κ2) is 19.7. The van der Waals surface area contributed by atoms with Crippen molar-refractivity contribution >= 4 is 26.5 Å². The summed E-state index contributed by atoms with van der Waals surface area (Å²) in [6.07, 6.45) is 4.97. The van der Waals surface area contributed by atoms with Crippen molar-refractivity contribution in [3.8, 4) is 0 Å². The van der Waals surface area contributed by atoms with Gasteiger partial charge in [0.05, 0.1) is 0 Å². The quantitative estimate of drug-likeness (QED) is 0.331. The number of rotatable bonds is 4. The van der Waals surface area contributed by atoms with Crippen LogP contribution in [0.15, 0.2) is 36.4 Å². The third-order valence-electron chi connectivity index (χ3n) is 3.02. The SMILES string of the molecule is CCCc1cc(C)c[cH-]1.CCCc1cc(C)c[cH-]1.C[SiH]C.[Cl][Zr+2][Cl]. The summed E-state index contributed by atoms with van der Waals surface area (Å²) in [4.78, 5) is 0. The molecule has 0 aliphatic carbocycles. The molecule has 0 fully saturated rings. The molecular weight excluding hydrogens is 430 g/mol. The molecule has 0 amide bonds. The van der Waals surface area contributed by atoms with E-state index < -0.39 is 20.8 Å². The number of hydrogen-bond acceptors (Lipinski definition) is 0. The van der Waals surface area contributed by atoms with E-state index in [1.807, 2.05) is 0 Å². The van der Waals surface area contributed by atoms with Crippen molar-refractivity contribution < 1.29 is 20.8 Å². The first-order valence-corrected chi connectivity index (χ1v) is 17.3. The summed E-state index contributed by atoms with van der Waals surface area (Å²) in [6.45, 7) is 13.1. The van der Waals surface area contributed by atoms with Crippen LogP contribution in [0.2, 0.25) is 13.1 Å². The molecule has 0 spiro atoms. The van der Waals surface area contributed by atoms with Crippen LogP contribution in [0.5, 0.6) is 0 Å². The van der Waals surface area contributed by atoms with Crippen LogP contribution in [0.25, 0.3) is 0 Å². The van der Waals surface area contributed by atoms with Crippen molar-refractivity contribution in [3.05, 3.63) is 58.7 Å². The Morgan fingerprint density at radius 3 is 1.33 bits per heavy atom. The molecule has 0 aliphatic heterocycles. The van der Waals surface area contributed by atoms with Crippen molar-refractivity contribution in [3.63, 3.8) is 0 Å². The zero-order chi connectivity index (χ0) is 18.8. The van der Waals surface area contributed by atoms with E-state index in [1.54, 1.807) is 0 Å². The summed E-state index contributed by atoms with van der Waals surface area (Å²) in [7, 11) is 10.6. The topological polar surface area (TPSA) is 0 Å². The van der Waals surface area contributed by atoms with E-state index in [2.05, 4.69) is 77.2 Å². The van der Waals surface area contributed by atoms with E-state index in [0.717, 1.165) is 9.52 Å². The van der Waals surface area contributed by atoms with Crippen molar-refractivity contribution in [2.75, 3.05) is 0 Å². The zero-order valence-electron chi connectivity index (χ0n) is 16.1. The van der Waals surface area contributed by atoms with Gasteiger partial charge in [-0.3, -0.25) is 0 Å². The molecule has 1 radical (unpaired) electrons. The van der Waals surface area contributed by atoms with Crippen molar-refractivity contribution in [2.45, 2.75) is 66.5 Å². The molecule has 0 unspecified atom stereocenters. The Morgan fingerprint density at radius 2 is 1.17 bits per heavy atom. The van der Waals surface area contributed by atoms with Gasteiger partial charge in [-0.05, 0) is 0 Å². The van der Waals surface area contributed by atoms with E-state index >= 15 is 0 Å². The molecule has 0 aliphatic rings. The van der Waals surface area contributed by atoms with Crippen molar-refractivity contribution in [1.29, 1.82) is 0 Å². The Hall–Kier alpha value is 0.380. The van der Waals surface area contributed by atoms with Crippen molar-refractivity contribution in [1.82, 2.24) is 0 Å². The molecule has 2 aromatic carbocycles. The fourth-order valence-electron chi connectivity index (χ4n) is 2.14. The van der Waals surface area contributed by atoms with Crippen LogP contribution < -0.4 is 0 Å². The fourth-order valence-corrected chi connectivity index (χ4v) is 2.14. The molecule has 0 bridgehead atoms. The molecule has 135 valence electrons. The average Bonchev–Trinajstić information content (AvgIpc) is 3.11. The molecule has 0 aromatic heterocycles. The minimum atomic E-state index is -0.826. The van der Waals surface area contributed by atoms with Gasteiger partial charge >= 0.3 is 37.9 Å². The van der Waals surface area contributed by atoms with Gasteiger partial charge in [0, 0.05) is 9.52 Å². The molecule has 0 nitrogen and oxygen atoms in total. The second-order valence-electron chi connectivity index (χ2n) is 5.74. The summed E-state index contributed by atoms with van der Waals surface area (Å²) >= 11 is -0.826. The number of halogens is 2. The maximum absolute atomic E-state index is 4.93. The van der Waals surface area contributed by atoms with Crippen LogP contribution in [-0.2, 0) is 33.7 Å². The van der Waals surface area contributed by atoms with Gasteiger partial charge in [-0.1, -0.05) is 66.5 Å². The van der Waals surface area contributed by atoms with Gasteiger partial charge in [-0.15, -0.1) is 0 Å². The van der Waals surface area contributed by atoms with Gasteiger partial charge in [-0.2, -0.15) is 35.4 Å². The summed E-state index contributed by atoms with van der Waals surface area (Å²) < 4.78 is 0. The Bertz CT molecular complexity index is 433. The monoisotopic (exact) mass is 461 g/mol. The van der Waals surface area contributed by atoms with E-state index in [-0.39, 0.29) is 0 Å². The Labute approximate surface area is 171 Å². The number of aryl methyl sites for hydroxylation is 4. The first-order valence-electron chi connectivity index (χ1n) is 8.63. The summed E-state index contributed by atoms with van der Waals surface area (Å²) in [6, 6.07) is 13.3. The van der Waals surface area contributed by atoms with Gasteiger partial charge in [0.1, 0.15) is 0 Å². The van der Waals surface area contributed by atoms with Crippen LogP contribution in [0, 0.1) is 13.8 Å². The molecule has 24 heavy (non-hydrogen) atoms. The second-order valence-corrected chi connectivity index (χ2v) is 10.6. The van der Waals surface area contributed by atoms with Crippen LogP contribution in [0.3, 0.4) is 0 Å². The van der Waals surface area contributed by atoms with Gasteiger partial charge in [0.2, 0.25) is 0 Å². The Balaban J connectivity index is 0. The van der Waals surface area contributed by atoms with E-state index in [4.69, 9.17) is 17.0 Å². The standard InChI is InChI=1S/2C9H13.C2H7Si.2ClH.Zr/c2*1-3-4-9-6-5-8(2)7-9;1-3-2;;;/h2*5-7H,3-4H2,1-2H3;3H,1-2H3;2*1H;/q2*-1;;;;+4/p-2. The van der Waals surface area contributed by atoms with E-state index in [9.17, 15) is 0 Å². The van der Waals surface area contributed by atoms with Crippen LogP contribution in [0.4, 0.5) is 0 Å². The first kappa shape index (κ1) is 26.6. The molecule has 4 heteroatoms. The predicted octanol–water partition coefficient (Wildman–Crippen LogP) is 7.23. The van der Waals surface area contributed by atoms with Gasteiger partial charge in [0.15, 0.2) is 0 Å². The van der Waals surface area contributed by atoms with E-state index in [0.29, 0.717) is 0 Å². The normalized spacial score (nSPS) is 8.67. The van der Waals surface area contributed by atoms with Crippen molar-refractivity contribution in [2.24, 2.45) is 0 Å². The van der Waals surface area contributed by atoms with E-state index in [1.165, 1.54) is 47.9 Å². The van der Waals surface area contributed by atoms with Crippen LogP contribution in [0.1, 0.15) is 48.9 Å². The average molecular weight is 464 g/mol. The first-order chi connectivity index (χ1) is 11.5. The third-order valence-corrected chi connectivity index (χ3v) is 3.02. The molecule has 2 aromatic rings. The van der Waals surface area contributed by atoms with Crippen LogP contribution >= 0.6 is 17.0 Å². The predicted molar refractivity (Wildman–Crippen MR) is 112 cm³/mol. The van der Waals surface area contributed by atoms with Crippen LogP contribution in [-0.4, -0.2) is 9.52 Å². The summed E-state index contributed by atoms with van der Waals surface area (Å²) in [5.41, 5.74) is 5.74. The number of hydrogen-bond donors (Lipinski definition) is 0. The molecular formula is C20H33Cl2SiZr. The Kier molecular flexibility index (Phi) is 21.8. The van der Waals surface area contributed by atoms with Gasteiger partial charge in [-0.25, -0.2) is 23.3 Å². The van der Waals surface area contributed by atoms with Gasteiger partial charge in [0.25, 0.3) is 0 Å². The molecule has 2 rings (SSSR count). The summed E-state index contributed by atoms with van der Waals surface area (Å²) in [5.74, 6) is 0. The zero-order valence-corrected chi connectivity index (χ0v) is 21.3. The molecule has 0 atom stereocenters. The molecule has 0 saturated carbocycles. The molecule has 0 heterocycles. The fraction of sp³-hybridized carbons (Fsp3) is 0.500. The maximum atomic E-state index is 4.93. The summed E-state index contributed by atoms with van der Waals surface area (Å²) in [5, 5.41) is 0. The minimum absolute atomic E-state index is 0.750. The van der Waals surface area contributed by atoms with Gasteiger partial charge < -0.3 is 0 Å². The third kappa shape index (κ3) is 17.2. The molecule has 0 saturated heterocycles. The molecule has 0 N–H and O–H groups in total.